The maximum atomic E-state index is 13.6. The van der Waals surface area contributed by atoms with Crippen molar-refractivity contribution in [3.05, 3.63) is 23.5 Å². The summed E-state index contributed by atoms with van der Waals surface area (Å²) >= 11 is 0. The molecule has 7 heteroatoms. The molecule has 0 radical (unpaired) electrons. The van der Waals surface area contributed by atoms with E-state index in [9.17, 15) is 19.1 Å². The summed E-state index contributed by atoms with van der Waals surface area (Å²) in [5.41, 5.74) is -0.924. The molecule has 0 spiro atoms. The Labute approximate surface area is 109 Å². The van der Waals surface area contributed by atoms with Crippen LogP contribution in [0, 0.1) is 5.82 Å². The maximum absolute atomic E-state index is 13.6. The second kappa shape index (κ2) is 6.58. The predicted molar refractivity (Wildman–Crippen MR) is 64.7 cm³/mol. The van der Waals surface area contributed by atoms with Gasteiger partial charge in [0.2, 0.25) is 0 Å². The van der Waals surface area contributed by atoms with Crippen LogP contribution in [0.5, 0.6) is 5.75 Å². The first-order valence-electron chi connectivity index (χ1n) is 5.63. The molecule has 0 aliphatic heterocycles. The Kier molecular flexibility index (Phi) is 5.11. The third-order valence-electron chi connectivity index (χ3n) is 2.11. The molecule has 0 aromatic heterocycles. The van der Waals surface area contributed by atoms with E-state index in [1.807, 2.05) is 0 Å². The van der Waals surface area contributed by atoms with Gasteiger partial charge in [0.05, 0.1) is 18.9 Å². The summed E-state index contributed by atoms with van der Waals surface area (Å²) < 4.78 is 22.9. The quantitative estimate of drug-likeness (QED) is 0.820. The molecule has 0 heterocycles. The molecule has 19 heavy (non-hydrogen) atoms. The second-order valence-electron chi connectivity index (χ2n) is 3.38. The normalized spacial score (nSPS) is 9.84. The molecule has 0 aliphatic carbocycles. The van der Waals surface area contributed by atoms with Crippen molar-refractivity contribution in [2.24, 2.45) is 0 Å². The standard InChI is InChI=1S/C12H14FNO5/c1-3-18-11(16)9-8(15)6-5-7(13)10(9)14-12(17)19-4-2/h5-6,15H,3-4H2,1-2H3,(H,14,17). The van der Waals surface area contributed by atoms with Gasteiger partial charge in [-0.2, -0.15) is 0 Å². The van der Waals surface area contributed by atoms with Gasteiger partial charge >= 0.3 is 12.1 Å². The first kappa shape index (κ1) is 14.7. The van der Waals surface area contributed by atoms with Crippen LogP contribution in [0.25, 0.3) is 0 Å². The van der Waals surface area contributed by atoms with Gasteiger partial charge in [0.15, 0.2) is 0 Å². The maximum Gasteiger partial charge on any atom is 0.411 e. The van der Waals surface area contributed by atoms with E-state index in [2.05, 4.69) is 14.8 Å². The highest BCUT2D eigenvalue weighted by molar-refractivity contribution is 6.02. The van der Waals surface area contributed by atoms with Crippen molar-refractivity contribution in [2.45, 2.75) is 13.8 Å². The number of carbonyl (C=O) groups is 2. The van der Waals surface area contributed by atoms with Crippen LogP contribution in [0.2, 0.25) is 0 Å². The zero-order valence-electron chi connectivity index (χ0n) is 10.5. The molecule has 1 rings (SSSR count). The molecule has 0 saturated heterocycles. The molecular weight excluding hydrogens is 257 g/mol. The summed E-state index contributed by atoms with van der Waals surface area (Å²) in [5, 5.41) is 11.7. The topological polar surface area (TPSA) is 84.9 Å². The Morgan fingerprint density at radius 2 is 1.89 bits per heavy atom. The van der Waals surface area contributed by atoms with Gasteiger partial charge in [-0.1, -0.05) is 0 Å². The van der Waals surface area contributed by atoms with Crippen LogP contribution < -0.4 is 5.32 Å². The number of anilines is 1. The summed E-state index contributed by atoms with van der Waals surface area (Å²) in [6.45, 7) is 3.27. The molecule has 0 fully saturated rings. The Balaban J connectivity index is 3.16. The summed E-state index contributed by atoms with van der Waals surface area (Å²) in [6.07, 6.45) is -0.933. The van der Waals surface area contributed by atoms with Crippen molar-refractivity contribution in [2.75, 3.05) is 18.5 Å². The second-order valence-corrected chi connectivity index (χ2v) is 3.38. The number of phenols is 1. The number of phenolic OH excluding ortho intramolecular Hbond substituents is 1. The number of benzene rings is 1. The summed E-state index contributed by atoms with van der Waals surface area (Å²) in [5.74, 6) is -2.31. The number of carbonyl (C=O) groups excluding carboxylic acids is 2. The molecule has 1 amide bonds. The van der Waals surface area contributed by atoms with Gasteiger partial charge < -0.3 is 14.6 Å². The number of amides is 1. The van der Waals surface area contributed by atoms with Crippen molar-refractivity contribution in [3.63, 3.8) is 0 Å². The Morgan fingerprint density at radius 1 is 1.26 bits per heavy atom. The number of aromatic hydroxyl groups is 1. The molecular formula is C12H14FNO5. The van der Waals surface area contributed by atoms with Crippen LogP contribution in [0.1, 0.15) is 24.2 Å². The van der Waals surface area contributed by atoms with Crippen molar-refractivity contribution in [1.82, 2.24) is 0 Å². The van der Waals surface area contributed by atoms with E-state index in [1.54, 1.807) is 13.8 Å². The van der Waals surface area contributed by atoms with E-state index < -0.39 is 34.9 Å². The molecule has 2 N–H and O–H groups in total. The van der Waals surface area contributed by atoms with Crippen LogP contribution in [0.15, 0.2) is 12.1 Å². The van der Waals surface area contributed by atoms with E-state index in [1.165, 1.54) is 0 Å². The highest BCUT2D eigenvalue weighted by Gasteiger charge is 2.23. The van der Waals surface area contributed by atoms with Crippen molar-refractivity contribution in [3.8, 4) is 5.75 Å². The highest BCUT2D eigenvalue weighted by atomic mass is 19.1. The smallest absolute Gasteiger partial charge is 0.411 e. The van der Waals surface area contributed by atoms with Crippen LogP contribution >= 0.6 is 0 Å². The Hall–Kier alpha value is -2.31. The minimum atomic E-state index is -0.939. The first-order valence-corrected chi connectivity index (χ1v) is 5.63. The summed E-state index contributed by atoms with van der Waals surface area (Å²) in [7, 11) is 0. The average molecular weight is 271 g/mol. The van der Waals surface area contributed by atoms with Gasteiger partial charge in [-0.3, -0.25) is 5.32 Å². The molecule has 0 saturated carbocycles. The summed E-state index contributed by atoms with van der Waals surface area (Å²) in [4.78, 5) is 22.9. The number of halogens is 1. The van der Waals surface area contributed by atoms with Gasteiger partial charge in [0.25, 0.3) is 0 Å². The van der Waals surface area contributed by atoms with Crippen LogP contribution in [0.4, 0.5) is 14.9 Å². The lowest BCUT2D eigenvalue weighted by atomic mass is 10.1. The van der Waals surface area contributed by atoms with Gasteiger partial charge in [-0.05, 0) is 26.0 Å². The minimum Gasteiger partial charge on any atom is -0.507 e. The number of hydrogen-bond acceptors (Lipinski definition) is 5. The van der Waals surface area contributed by atoms with Crippen molar-refractivity contribution in [1.29, 1.82) is 0 Å². The fourth-order valence-corrected chi connectivity index (χ4v) is 1.37. The zero-order valence-corrected chi connectivity index (χ0v) is 10.5. The Bertz CT molecular complexity index is 489. The molecule has 104 valence electrons. The monoisotopic (exact) mass is 271 g/mol. The van der Waals surface area contributed by atoms with E-state index in [0.29, 0.717) is 0 Å². The SMILES string of the molecule is CCOC(=O)Nc1c(F)ccc(O)c1C(=O)OCC. The van der Waals surface area contributed by atoms with Crippen molar-refractivity contribution >= 4 is 17.7 Å². The molecule has 1 aromatic carbocycles. The number of hydrogen-bond donors (Lipinski definition) is 2. The molecule has 0 unspecified atom stereocenters. The lowest BCUT2D eigenvalue weighted by Gasteiger charge is -2.12. The van der Waals surface area contributed by atoms with Gasteiger partial charge in [0, 0.05) is 0 Å². The minimum absolute atomic E-state index is 0.0492. The van der Waals surface area contributed by atoms with E-state index in [4.69, 9.17) is 0 Å². The van der Waals surface area contributed by atoms with E-state index in [0.717, 1.165) is 12.1 Å². The molecule has 0 atom stereocenters. The lowest BCUT2D eigenvalue weighted by Crippen LogP contribution is -2.18. The highest BCUT2D eigenvalue weighted by Crippen LogP contribution is 2.29. The number of ether oxygens (including phenoxy) is 2. The third kappa shape index (κ3) is 3.57. The first-order chi connectivity index (χ1) is 9.01. The summed E-state index contributed by atoms with van der Waals surface area (Å²) in [6, 6.07) is 1.91. The fraction of sp³-hybridized carbons (Fsp3) is 0.333. The van der Waals surface area contributed by atoms with Gasteiger partial charge in [-0.15, -0.1) is 0 Å². The van der Waals surface area contributed by atoms with Gasteiger partial charge in [0.1, 0.15) is 17.1 Å². The van der Waals surface area contributed by atoms with E-state index in [-0.39, 0.29) is 13.2 Å². The van der Waals surface area contributed by atoms with Crippen LogP contribution in [0.3, 0.4) is 0 Å². The zero-order chi connectivity index (χ0) is 14.4. The third-order valence-corrected chi connectivity index (χ3v) is 2.11. The number of nitrogens with one attached hydrogen (secondary N) is 1. The largest absolute Gasteiger partial charge is 0.507 e. The molecule has 6 nitrogen and oxygen atoms in total. The Morgan fingerprint density at radius 3 is 2.47 bits per heavy atom. The predicted octanol–water partition coefficient (Wildman–Crippen LogP) is 2.28. The lowest BCUT2D eigenvalue weighted by molar-refractivity contribution is 0.0524. The molecule has 0 aliphatic rings. The van der Waals surface area contributed by atoms with Gasteiger partial charge in [-0.25, -0.2) is 14.0 Å². The van der Waals surface area contributed by atoms with Crippen LogP contribution in [-0.2, 0) is 9.47 Å². The average Bonchev–Trinajstić information content (AvgIpc) is 2.34. The molecule has 0 bridgehead atoms. The van der Waals surface area contributed by atoms with Crippen molar-refractivity contribution < 1.29 is 28.6 Å². The fourth-order valence-electron chi connectivity index (χ4n) is 1.37. The number of rotatable bonds is 4. The number of esters is 1. The molecule has 1 aromatic rings. The van der Waals surface area contributed by atoms with E-state index >= 15 is 0 Å². The van der Waals surface area contributed by atoms with Crippen LogP contribution in [-0.4, -0.2) is 30.4 Å².